The second kappa shape index (κ2) is 7.30. The first-order valence-corrected chi connectivity index (χ1v) is 8.66. The maximum atomic E-state index is 13.6. The van der Waals surface area contributed by atoms with Crippen LogP contribution in [0.3, 0.4) is 0 Å². The molecule has 0 unspecified atom stereocenters. The molecule has 1 saturated carbocycles. The maximum Gasteiger partial charge on any atom is 0.226 e. The number of carbonyl (C=O) groups excluding carboxylic acids is 1. The third-order valence-corrected chi connectivity index (χ3v) is 5.49. The molecular formula is C17H24FNOS. The van der Waals surface area contributed by atoms with Gasteiger partial charge < -0.3 is 5.32 Å². The molecule has 0 saturated heterocycles. The lowest BCUT2D eigenvalue weighted by Gasteiger charge is -2.29. The number of hydrogen-bond acceptors (Lipinski definition) is 2. The molecule has 4 heteroatoms. The normalized spacial score (nSPS) is 16.7. The number of hydrogen-bond donors (Lipinski definition) is 1. The lowest BCUT2D eigenvalue weighted by atomic mass is 9.91. The predicted molar refractivity (Wildman–Crippen MR) is 85.9 cm³/mol. The van der Waals surface area contributed by atoms with Gasteiger partial charge in [-0.25, -0.2) is 4.39 Å². The summed E-state index contributed by atoms with van der Waals surface area (Å²) < 4.78 is 13.6. The van der Waals surface area contributed by atoms with Crippen LogP contribution in [0.15, 0.2) is 29.2 Å². The van der Waals surface area contributed by atoms with E-state index in [1.807, 2.05) is 19.9 Å². The van der Waals surface area contributed by atoms with Crippen molar-refractivity contribution in [1.29, 1.82) is 0 Å². The first-order valence-electron chi connectivity index (χ1n) is 7.67. The summed E-state index contributed by atoms with van der Waals surface area (Å²) in [4.78, 5) is 13.0. The standard InChI is InChI=1S/C17H24FNOS/c1-17(2,12-21-15-11-7-6-10-14(15)18)16(20)19-13-8-4-3-5-9-13/h6-7,10-11,13H,3-5,8-9,12H2,1-2H3,(H,19,20). The van der Waals surface area contributed by atoms with Crippen LogP contribution < -0.4 is 5.32 Å². The Balaban J connectivity index is 1.88. The Labute approximate surface area is 130 Å². The van der Waals surface area contributed by atoms with Gasteiger partial charge in [-0.15, -0.1) is 11.8 Å². The summed E-state index contributed by atoms with van der Waals surface area (Å²) in [6, 6.07) is 7.04. The molecule has 1 aromatic rings. The van der Waals surface area contributed by atoms with Crippen molar-refractivity contribution in [2.75, 3.05) is 5.75 Å². The van der Waals surface area contributed by atoms with Crippen LogP contribution in [0, 0.1) is 11.2 Å². The highest BCUT2D eigenvalue weighted by Crippen LogP contribution is 2.30. The zero-order chi connectivity index (χ0) is 15.3. The summed E-state index contributed by atoms with van der Waals surface area (Å²) in [6.07, 6.45) is 5.86. The molecule has 1 amide bonds. The van der Waals surface area contributed by atoms with Gasteiger partial charge in [-0.2, -0.15) is 0 Å². The van der Waals surface area contributed by atoms with Crippen LogP contribution in [-0.4, -0.2) is 17.7 Å². The molecule has 0 atom stereocenters. The molecule has 0 spiro atoms. The second-order valence-electron chi connectivity index (χ2n) is 6.41. The number of halogens is 1. The van der Waals surface area contributed by atoms with Gasteiger partial charge in [0.1, 0.15) is 5.82 Å². The van der Waals surface area contributed by atoms with Gasteiger partial charge in [-0.1, -0.05) is 45.2 Å². The first-order chi connectivity index (χ1) is 9.99. The van der Waals surface area contributed by atoms with Crippen LogP contribution in [0.5, 0.6) is 0 Å². The molecule has 1 aromatic carbocycles. The number of carbonyl (C=O) groups is 1. The minimum atomic E-state index is -0.496. The highest BCUT2D eigenvalue weighted by molar-refractivity contribution is 7.99. The van der Waals surface area contributed by atoms with E-state index in [0.29, 0.717) is 16.7 Å². The van der Waals surface area contributed by atoms with Gasteiger partial charge in [0.15, 0.2) is 0 Å². The number of benzene rings is 1. The average molecular weight is 309 g/mol. The molecule has 1 N–H and O–H groups in total. The lowest BCUT2D eigenvalue weighted by Crippen LogP contribution is -2.44. The van der Waals surface area contributed by atoms with E-state index >= 15 is 0 Å². The van der Waals surface area contributed by atoms with Crippen LogP contribution in [0.2, 0.25) is 0 Å². The fraction of sp³-hybridized carbons (Fsp3) is 0.588. The average Bonchev–Trinajstić information content (AvgIpc) is 2.47. The van der Waals surface area contributed by atoms with Crippen molar-refractivity contribution in [3.63, 3.8) is 0 Å². The lowest BCUT2D eigenvalue weighted by molar-refractivity contribution is -0.129. The Morgan fingerprint density at radius 2 is 1.95 bits per heavy atom. The smallest absolute Gasteiger partial charge is 0.226 e. The summed E-state index contributed by atoms with van der Waals surface area (Å²) in [5.41, 5.74) is -0.496. The van der Waals surface area contributed by atoms with Crippen LogP contribution in [0.1, 0.15) is 46.0 Å². The Kier molecular flexibility index (Phi) is 5.68. The van der Waals surface area contributed by atoms with Crippen LogP contribution in [0.4, 0.5) is 4.39 Å². The Morgan fingerprint density at radius 1 is 1.29 bits per heavy atom. The van der Waals surface area contributed by atoms with E-state index in [1.165, 1.54) is 37.1 Å². The van der Waals surface area contributed by atoms with Crippen molar-refractivity contribution in [1.82, 2.24) is 5.32 Å². The van der Waals surface area contributed by atoms with Gasteiger partial charge in [0.25, 0.3) is 0 Å². The summed E-state index contributed by atoms with van der Waals surface area (Å²) in [5.74, 6) is 0.441. The molecule has 1 fully saturated rings. The third-order valence-electron chi connectivity index (χ3n) is 3.98. The van der Waals surface area contributed by atoms with Crippen molar-refractivity contribution in [2.24, 2.45) is 5.41 Å². The largest absolute Gasteiger partial charge is 0.353 e. The van der Waals surface area contributed by atoms with E-state index in [4.69, 9.17) is 0 Å². The Hall–Kier alpha value is -1.03. The molecule has 21 heavy (non-hydrogen) atoms. The molecule has 1 aliphatic rings. The van der Waals surface area contributed by atoms with Gasteiger partial charge in [-0.05, 0) is 25.0 Å². The minimum Gasteiger partial charge on any atom is -0.353 e. The fourth-order valence-electron chi connectivity index (χ4n) is 2.51. The zero-order valence-corrected chi connectivity index (χ0v) is 13.6. The van der Waals surface area contributed by atoms with Gasteiger partial charge in [0.2, 0.25) is 5.91 Å². The monoisotopic (exact) mass is 309 g/mol. The van der Waals surface area contributed by atoms with Crippen LogP contribution in [0.25, 0.3) is 0 Å². The minimum absolute atomic E-state index is 0.0817. The fourth-order valence-corrected chi connectivity index (χ4v) is 3.54. The van der Waals surface area contributed by atoms with Crippen LogP contribution >= 0.6 is 11.8 Å². The molecule has 1 aliphatic carbocycles. The van der Waals surface area contributed by atoms with Gasteiger partial charge in [-0.3, -0.25) is 4.79 Å². The molecule has 0 bridgehead atoms. The number of thioether (sulfide) groups is 1. The highest BCUT2D eigenvalue weighted by atomic mass is 32.2. The van der Waals surface area contributed by atoms with E-state index < -0.39 is 5.41 Å². The first kappa shape index (κ1) is 16.3. The Bertz CT molecular complexity index is 483. The molecule has 0 heterocycles. The Morgan fingerprint density at radius 3 is 2.62 bits per heavy atom. The van der Waals surface area contributed by atoms with Crippen LogP contribution in [-0.2, 0) is 4.79 Å². The van der Waals surface area contributed by atoms with Crippen molar-refractivity contribution in [3.05, 3.63) is 30.1 Å². The van der Waals surface area contributed by atoms with E-state index in [-0.39, 0.29) is 11.7 Å². The topological polar surface area (TPSA) is 29.1 Å². The SMILES string of the molecule is CC(C)(CSc1ccccc1F)C(=O)NC1CCCCC1. The van der Waals surface area contributed by atoms with Gasteiger partial charge in [0.05, 0.1) is 5.41 Å². The van der Waals surface area contributed by atoms with Crippen molar-refractivity contribution in [3.8, 4) is 0 Å². The van der Waals surface area contributed by atoms with Gasteiger partial charge in [0, 0.05) is 16.7 Å². The van der Waals surface area contributed by atoms with Crippen molar-refractivity contribution in [2.45, 2.75) is 56.9 Å². The van der Waals surface area contributed by atoms with E-state index in [9.17, 15) is 9.18 Å². The highest BCUT2D eigenvalue weighted by Gasteiger charge is 2.30. The van der Waals surface area contributed by atoms with Crippen molar-refractivity contribution < 1.29 is 9.18 Å². The van der Waals surface area contributed by atoms with E-state index in [1.54, 1.807) is 12.1 Å². The number of rotatable bonds is 5. The number of nitrogens with one attached hydrogen (secondary N) is 1. The molecule has 2 rings (SSSR count). The summed E-state index contributed by atoms with van der Waals surface area (Å²) in [7, 11) is 0. The maximum absolute atomic E-state index is 13.6. The van der Waals surface area contributed by atoms with Crippen molar-refractivity contribution >= 4 is 17.7 Å². The molecule has 0 aliphatic heterocycles. The molecule has 0 aromatic heterocycles. The zero-order valence-electron chi connectivity index (χ0n) is 12.8. The van der Waals surface area contributed by atoms with Gasteiger partial charge >= 0.3 is 0 Å². The quantitative estimate of drug-likeness (QED) is 0.817. The molecule has 2 nitrogen and oxygen atoms in total. The number of amides is 1. The summed E-state index contributed by atoms with van der Waals surface area (Å²) in [5, 5.41) is 3.16. The molecular weight excluding hydrogens is 285 g/mol. The summed E-state index contributed by atoms with van der Waals surface area (Å²) >= 11 is 1.41. The molecule has 116 valence electrons. The third kappa shape index (κ3) is 4.73. The second-order valence-corrected chi connectivity index (χ2v) is 7.43. The molecule has 0 radical (unpaired) electrons. The van der Waals surface area contributed by atoms with E-state index in [0.717, 1.165) is 12.8 Å². The predicted octanol–water partition coefficient (Wildman–Crippen LogP) is 4.39. The summed E-state index contributed by atoms with van der Waals surface area (Å²) in [6.45, 7) is 3.86. The van der Waals surface area contributed by atoms with E-state index in [2.05, 4.69) is 5.32 Å².